The second-order valence-electron chi connectivity index (χ2n) is 8.32. The van der Waals surface area contributed by atoms with Crippen molar-refractivity contribution >= 4 is 45.6 Å². The molecule has 0 radical (unpaired) electrons. The molecule has 186 valence electrons. The Kier molecular flexibility index (Phi) is 7.86. The molecule has 1 aliphatic rings. The van der Waals surface area contributed by atoms with E-state index >= 15 is 0 Å². The summed E-state index contributed by atoms with van der Waals surface area (Å²) in [6.45, 7) is 5.99. The molecule has 1 aliphatic heterocycles. The number of ether oxygens (including phenoxy) is 1. The van der Waals surface area contributed by atoms with Crippen LogP contribution < -0.4 is 25.4 Å². The molecule has 1 amide bonds. The number of aromatic nitrogens is 2. The summed E-state index contributed by atoms with van der Waals surface area (Å²) in [5.74, 6) is -0.677. The van der Waals surface area contributed by atoms with Gasteiger partial charge in [0.15, 0.2) is 5.57 Å². The first kappa shape index (κ1) is 25.2. The standard InChI is InChI=1S/C25H27N7O3S/c1-3-32-24(34)22(36-25(32)20(13-27)23(33)28-7-6-26)14-29-18-4-5-21-19(12-18)17(15-30(21)2)16-31-8-10-35-11-9-31/h4-5,12,14-15,29H,3,7-11,16H2,1-2H3,(H,28,33)/b22-14-,25-20+. The van der Waals surface area contributed by atoms with Crippen molar-refractivity contribution < 1.29 is 9.53 Å². The van der Waals surface area contributed by atoms with Gasteiger partial charge < -0.3 is 19.9 Å². The first-order valence-corrected chi connectivity index (χ1v) is 12.4. The number of morpholine rings is 1. The largest absolute Gasteiger partial charge is 0.379 e. The molecule has 2 N–H and O–H groups in total. The van der Waals surface area contributed by atoms with Gasteiger partial charge in [-0.3, -0.25) is 19.1 Å². The molecule has 0 saturated carbocycles. The summed E-state index contributed by atoms with van der Waals surface area (Å²) in [6, 6.07) is 9.74. The average Bonchev–Trinajstić information content (AvgIpc) is 3.37. The van der Waals surface area contributed by atoms with Crippen LogP contribution in [0.5, 0.6) is 0 Å². The van der Waals surface area contributed by atoms with E-state index in [1.807, 2.05) is 31.3 Å². The van der Waals surface area contributed by atoms with Gasteiger partial charge in [-0.1, -0.05) is 0 Å². The first-order valence-electron chi connectivity index (χ1n) is 11.6. The van der Waals surface area contributed by atoms with Crippen LogP contribution in [0.1, 0.15) is 12.5 Å². The molecule has 11 heteroatoms. The van der Waals surface area contributed by atoms with Crippen molar-refractivity contribution in [2.75, 3.05) is 38.2 Å². The number of carbonyl (C=O) groups excluding carboxylic acids is 1. The molecular formula is C25H27N7O3S. The van der Waals surface area contributed by atoms with Crippen LogP contribution in [0.2, 0.25) is 0 Å². The number of amides is 1. The van der Waals surface area contributed by atoms with E-state index in [0.717, 1.165) is 60.8 Å². The van der Waals surface area contributed by atoms with Crippen LogP contribution in [0.25, 0.3) is 22.7 Å². The van der Waals surface area contributed by atoms with Crippen LogP contribution >= 0.6 is 11.3 Å². The summed E-state index contributed by atoms with van der Waals surface area (Å²) in [5, 5.41) is 25.0. The maximum absolute atomic E-state index is 13.0. The van der Waals surface area contributed by atoms with Crippen molar-refractivity contribution in [3.8, 4) is 12.1 Å². The minimum atomic E-state index is -0.677. The summed E-state index contributed by atoms with van der Waals surface area (Å²) < 4.78 is 9.60. The number of aryl methyl sites for hydroxylation is 1. The molecule has 10 nitrogen and oxygen atoms in total. The highest BCUT2D eigenvalue weighted by molar-refractivity contribution is 7.07. The Bertz CT molecular complexity index is 1550. The quantitative estimate of drug-likeness (QED) is 0.445. The van der Waals surface area contributed by atoms with Gasteiger partial charge in [-0.2, -0.15) is 10.5 Å². The molecule has 36 heavy (non-hydrogen) atoms. The number of hydrogen-bond acceptors (Lipinski definition) is 8. The van der Waals surface area contributed by atoms with Gasteiger partial charge in [0, 0.05) is 62.2 Å². The van der Waals surface area contributed by atoms with Gasteiger partial charge in [-0.15, -0.1) is 11.3 Å². The third-order valence-corrected chi connectivity index (χ3v) is 7.17. The zero-order valence-corrected chi connectivity index (χ0v) is 21.0. The Balaban J connectivity index is 1.68. The predicted octanol–water partition coefficient (Wildman–Crippen LogP) is 0.418. The number of carbonyl (C=O) groups is 1. The predicted molar refractivity (Wildman–Crippen MR) is 138 cm³/mol. The van der Waals surface area contributed by atoms with E-state index in [-0.39, 0.29) is 22.3 Å². The zero-order valence-electron chi connectivity index (χ0n) is 20.2. The number of thiazole rings is 1. The average molecular weight is 506 g/mol. The second kappa shape index (κ2) is 11.2. The van der Waals surface area contributed by atoms with Crippen molar-refractivity contribution in [2.24, 2.45) is 7.05 Å². The molecule has 1 fully saturated rings. The second-order valence-corrected chi connectivity index (χ2v) is 9.35. The lowest BCUT2D eigenvalue weighted by Crippen LogP contribution is -2.35. The van der Waals surface area contributed by atoms with Crippen LogP contribution in [-0.4, -0.2) is 52.8 Å². The van der Waals surface area contributed by atoms with E-state index in [9.17, 15) is 14.9 Å². The van der Waals surface area contributed by atoms with E-state index in [1.54, 1.807) is 13.1 Å². The van der Waals surface area contributed by atoms with Gasteiger partial charge >= 0.3 is 0 Å². The number of hydrogen-bond donors (Lipinski definition) is 2. The minimum absolute atomic E-state index is 0.188. The van der Waals surface area contributed by atoms with Crippen LogP contribution in [0.3, 0.4) is 0 Å². The molecule has 0 spiro atoms. The van der Waals surface area contributed by atoms with E-state index < -0.39 is 5.91 Å². The molecule has 3 aromatic rings. The number of nitrogens with zero attached hydrogens (tertiary/aromatic N) is 5. The lowest BCUT2D eigenvalue weighted by Gasteiger charge is -2.26. The van der Waals surface area contributed by atoms with Crippen molar-refractivity contribution in [2.45, 2.75) is 20.0 Å². The number of nitriles is 2. The Morgan fingerprint density at radius 1 is 1.28 bits per heavy atom. The van der Waals surface area contributed by atoms with Gasteiger partial charge in [0.25, 0.3) is 11.5 Å². The number of nitrogens with one attached hydrogen (secondary N) is 2. The van der Waals surface area contributed by atoms with Crippen molar-refractivity contribution in [3.63, 3.8) is 0 Å². The molecule has 0 atom stereocenters. The summed E-state index contributed by atoms with van der Waals surface area (Å²) >= 11 is 1.07. The molecule has 0 aliphatic carbocycles. The van der Waals surface area contributed by atoms with Crippen LogP contribution in [0, 0.1) is 22.7 Å². The normalized spacial score (nSPS) is 15.4. The fourth-order valence-corrected chi connectivity index (χ4v) is 5.32. The smallest absolute Gasteiger partial charge is 0.270 e. The van der Waals surface area contributed by atoms with Crippen LogP contribution in [0.4, 0.5) is 5.69 Å². The summed E-state index contributed by atoms with van der Waals surface area (Å²) in [4.78, 5) is 27.7. The van der Waals surface area contributed by atoms with Crippen LogP contribution in [0.15, 0.2) is 29.2 Å². The topological polar surface area (TPSA) is 128 Å². The molecule has 3 heterocycles. The first-order chi connectivity index (χ1) is 17.5. The highest BCUT2D eigenvalue weighted by Crippen LogP contribution is 2.25. The van der Waals surface area contributed by atoms with E-state index in [2.05, 4.69) is 32.4 Å². The molecule has 0 bridgehead atoms. The van der Waals surface area contributed by atoms with Gasteiger partial charge in [0.1, 0.15) is 21.8 Å². The lowest BCUT2D eigenvalue weighted by molar-refractivity contribution is -0.115. The minimum Gasteiger partial charge on any atom is -0.379 e. The molecule has 1 saturated heterocycles. The van der Waals surface area contributed by atoms with Gasteiger partial charge in [-0.05, 0) is 30.7 Å². The Hall–Kier alpha value is -3.90. The number of benzene rings is 1. The number of rotatable bonds is 7. The van der Waals surface area contributed by atoms with Gasteiger partial charge in [0.2, 0.25) is 0 Å². The molecule has 1 aromatic carbocycles. The fraction of sp³-hybridized carbons (Fsp3) is 0.360. The maximum Gasteiger partial charge on any atom is 0.270 e. The molecular weight excluding hydrogens is 478 g/mol. The monoisotopic (exact) mass is 505 g/mol. The van der Waals surface area contributed by atoms with E-state index in [1.165, 1.54) is 10.1 Å². The Labute approximate surface area is 211 Å². The van der Waals surface area contributed by atoms with Gasteiger partial charge in [0.05, 0.1) is 19.3 Å². The number of fused-ring (bicyclic) bond motifs is 1. The summed E-state index contributed by atoms with van der Waals surface area (Å²) in [7, 11) is 2.03. The zero-order chi connectivity index (χ0) is 25.7. The third kappa shape index (κ3) is 5.19. The van der Waals surface area contributed by atoms with Crippen LogP contribution in [-0.2, 0) is 29.7 Å². The van der Waals surface area contributed by atoms with E-state index in [0.29, 0.717) is 11.1 Å². The lowest BCUT2D eigenvalue weighted by atomic mass is 10.1. The van der Waals surface area contributed by atoms with Crippen molar-refractivity contribution in [1.82, 2.24) is 19.4 Å². The van der Waals surface area contributed by atoms with Crippen molar-refractivity contribution in [3.05, 3.63) is 49.5 Å². The summed E-state index contributed by atoms with van der Waals surface area (Å²) in [6.07, 6.45) is 3.76. The molecule has 2 aromatic heterocycles. The Morgan fingerprint density at radius 3 is 2.75 bits per heavy atom. The highest BCUT2D eigenvalue weighted by Gasteiger charge is 2.16. The maximum atomic E-state index is 13.0. The van der Waals surface area contributed by atoms with Gasteiger partial charge in [-0.25, -0.2) is 0 Å². The highest BCUT2D eigenvalue weighted by atomic mass is 32.1. The van der Waals surface area contributed by atoms with Crippen molar-refractivity contribution in [1.29, 1.82) is 10.5 Å². The van der Waals surface area contributed by atoms with E-state index in [4.69, 9.17) is 10.00 Å². The SMILES string of the molecule is CCn1c(=O)/c(=C/Nc2ccc3c(c2)c(CN2CCOCC2)cn3C)s/c1=C(\C#N)C(=O)NCC#N. The Morgan fingerprint density at radius 2 is 2.06 bits per heavy atom. The number of anilines is 1. The fourth-order valence-electron chi connectivity index (χ4n) is 4.23. The molecule has 4 rings (SSSR count). The summed E-state index contributed by atoms with van der Waals surface area (Å²) in [5.41, 5.74) is 2.69. The molecule has 0 unspecified atom stereocenters. The third-order valence-electron chi connectivity index (χ3n) is 6.04.